The highest BCUT2D eigenvalue weighted by Crippen LogP contribution is 2.31. The van der Waals surface area contributed by atoms with Gasteiger partial charge in [-0.15, -0.1) is 11.6 Å². The summed E-state index contributed by atoms with van der Waals surface area (Å²) < 4.78 is 0. The molecule has 80 valence electrons. The molecule has 0 aliphatic carbocycles. The van der Waals surface area contributed by atoms with Crippen LogP contribution in [0.4, 0.5) is 5.69 Å². The number of halogens is 1. The van der Waals surface area contributed by atoms with E-state index < -0.39 is 22.0 Å². The van der Waals surface area contributed by atoms with Gasteiger partial charge >= 0.3 is 5.97 Å². The molecule has 0 heterocycles. The predicted octanol–water partition coefficient (Wildman–Crippen LogP) is 2.59. The van der Waals surface area contributed by atoms with E-state index in [0.717, 1.165) is 0 Å². The molecule has 0 bridgehead atoms. The summed E-state index contributed by atoms with van der Waals surface area (Å²) in [6.07, 6.45) is 0. The number of alkyl halides is 1. The maximum absolute atomic E-state index is 10.8. The molecular formula is C9H8ClNO4. The van der Waals surface area contributed by atoms with E-state index in [1.807, 2.05) is 0 Å². The molecule has 15 heavy (non-hydrogen) atoms. The van der Waals surface area contributed by atoms with Crippen LogP contribution in [0.5, 0.6) is 0 Å². The van der Waals surface area contributed by atoms with Gasteiger partial charge in [0.1, 0.15) is 5.56 Å². The molecule has 1 aromatic rings. The van der Waals surface area contributed by atoms with E-state index in [4.69, 9.17) is 16.7 Å². The number of nitrogens with zero attached hydrogens (tertiary/aromatic N) is 1. The zero-order chi connectivity index (χ0) is 11.6. The van der Waals surface area contributed by atoms with Gasteiger partial charge < -0.3 is 5.11 Å². The molecule has 1 aromatic carbocycles. The van der Waals surface area contributed by atoms with Crippen molar-refractivity contribution in [3.63, 3.8) is 0 Å². The SMILES string of the molecule is CC(Cl)c1cccc(C(=O)O)c1[N+](=O)[O-]. The van der Waals surface area contributed by atoms with Crippen LogP contribution in [0, 0.1) is 10.1 Å². The maximum atomic E-state index is 10.8. The highest BCUT2D eigenvalue weighted by Gasteiger charge is 2.25. The fourth-order valence-electron chi connectivity index (χ4n) is 1.26. The number of para-hydroxylation sites is 1. The number of carboxylic acid groups (broad SMARTS) is 1. The first-order valence-electron chi connectivity index (χ1n) is 4.09. The van der Waals surface area contributed by atoms with Gasteiger partial charge in [0, 0.05) is 5.56 Å². The highest BCUT2D eigenvalue weighted by molar-refractivity contribution is 6.21. The van der Waals surface area contributed by atoms with Crippen molar-refractivity contribution in [2.24, 2.45) is 0 Å². The van der Waals surface area contributed by atoms with Crippen molar-refractivity contribution in [3.8, 4) is 0 Å². The zero-order valence-electron chi connectivity index (χ0n) is 7.81. The Hall–Kier alpha value is -1.62. The minimum Gasteiger partial charge on any atom is -0.477 e. The molecule has 6 heteroatoms. The molecular weight excluding hydrogens is 222 g/mol. The zero-order valence-corrected chi connectivity index (χ0v) is 8.56. The molecule has 1 rings (SSSR count). The summed E-state index contributed by atoms with van der Waals surface area (Å²) in [4.78, 5) is 20.8. The molecule has 0 spiro atoms. The first-order valence-corrected chi connectivity index (χ1v) is 4.53. The Bertz CT molecular complexity index is 417. The number of benzene rings is 1. The molecule has 0 radical (unpaired) electrons. The lowest BCUT2D eigenvalue weighted by Crippen LogP contribution is -2.05. The van der Waals surface area contributed by atoms with Crippen molar-refractivity contribution in [2.45, 2.75) is 12.3 Å². The summed E-state index contributed by atoms with van der Waals surface area (Å²) in [6, 6.07) is 4.07. The third-order valence-corrected chi connectivity index (χ3v) is 2.14. The molecule has 0 saturated carbocycles. The van der Waals surface area contributed by atoms with Crippen LogP contribution >= 0.6 is 11.6 Å². The van der Waals surface area contributed by atoms with Gasteiger partial charge in [-0.2, -0.15) is 0 Å². The van der Waals surface area contributed by atoms with Gasteiger partial charge in [-0.1, -0.05) is 12.1 Å². The Kier molecular flexibility index (Phi) is 3.26. The van der Waals surface area contributed by atoms with Gasteiger partial charge in [-0.25, -0.2) is 4.79 Å². The summed E-state index contributed by atoms with van der Waals surface area (Å²) in [5, 5.41) is 18.9. The van der Waals surface area contributed by atoms with Crippen molar-refractivity contribution >= 4 is 23.3 Å². The number of hydrogen-bond acceptors (Lipinski definition) is 3. The molecule has 1 unspecified atom stereocenters. The highest BCUT2D eigenvalue weighted by atomic mass is 35.5. The van der Waals surface area contributed by atoms with E-state index in [-0.39, 0.29) is 11.1 Å². The van der Waals surface area contributed by atoms with Crippen molar-refractivity contribution < 1.29 is 14.8 Å². The number of hydrogen-bond donors (Lipinski definition) is 1. The fraction of sp³-hybridized carbons (Fsp3) is 0.222. The molecule has 1 N–H and O–H groups in total. The van der Waals surface area contributed by atoms with Gasteiger partial charge in [-0.05, 0) is 13.0 Å². The minimum absolute atomic E-state index is 0.210. The van der Waals surface area contributed by atoms with Crippen LogP contribution in [0.15, 0.2) is 18.2 Å². The van der Waals surface area contributed by atoms with Crippen LogP contribution in [0.2, 0.25) is 0 Å². The van der Waals surface area contributed by atoms with E-state index in [2.05, 4.69) is 0 Å². The Morgan fingerprint density at radius 2 is 2.20 bits per heavy atom. The Morgan fingerprint density at radius 1 is 1.60 bits per heavy atom. The fourth-order valence-corrected chi connectivity index (χ4v) is 1.43. The number of rotatable bonds is 3. The predicted molar refractivity (Wildman–Crippen MR) is 54.3 cm³/mol. The second kappa shape index (κ2) is 4.27. The van der Waals surface area contributed by atoms with E-state index >= 15 is 0 Å². The van der Waals surface area contributed by atoms with Crippen LogP contribution in [0.25, 0.3) is 0 Å². The van der Waals surface area contributed by atoms with Gasteiger partial charge in [0.15, 0.2) is 0 Å². The molecule has 5 nitrogen and oxygen atoms in total. The van der Waals surface area contributed by atoms with E-state index in [9.17, 15) is 14.9 Å². The minimum atomic E-state index is -1.33. The van der Waals surface area contributed by atoms with Crippen molar-refractivity contribution in [3.05, 3.63) is 39.4 Å². The number of nitro benzene ring substituents is 1. The maximum Gasteiger partial charge on any atom is 0.342 e. The molecule has 0 aliphatic heterocycles. The molecule has 1 atom stereocenters. The Morgan fingerprint density at radius 3 is 2.60 bits per heavy atom. The van der Waals surface area contributed by atoms with Crippen LogP contribution in [-0.4, -0.2) is 16.0 Å². The van der Waals surface area contributed by atoms with E-state index in [1.165, 1.54) is 18.2 Å². The van der Waals surface area contributed by atoms with Crippen LogP contribution in [0.3, 0.4) is 0 Å². The molecule has 0 fully saturated rings. The second-order valence-corrected chi connectivity index (χ2v) is 3.58. The van der Waals surface area contributed by atoms with Crippen LogP contribution < -0.4 is 0 Å². The summed E-state index contributed by atoms with van der Waals surface area (Å²) in [5.74, 6) is -1.33. The van der Waals surface area contributed by atoms with Crippen LogP contribution in [-0.2, 0) is 0 Å². The molecule has 0 aromatic heterocycles. The first-order chi connectivity index (χ1) is 6.95. The largest absolute Gasteiger partial charge is 0.477 e. The quantitative estimate of drug-likeness (QED) is 0.491. The number of carbonyl (C=O) groups is 1. The normalized spacial score (nSPS) is 12.1. The topological polar surface area (TPSA) is 80.4 Å². The van der Waals surface area contributed by atoms with Gasteiger partial charge in [-0.3, -0.25) is 10.1 Å². The molecule has 0 amide bonds. The number of nitro groups is 1. The van der Waals surface area contributed by atoms with Gasteiger partial charge in [0.05, 0.1) is 10.3 Å². The lowest BCUT2D eigenvalue weighted by molar-refractivity contribution is -0.385. The molecule has 0 saturated heterocycles. The van der Waals surface area contributed by atoms with E-state index in [1.54, 1.807) is 6.92 Å². The smallest absolute Gasteiger partial charge is 0.342 e. The van der Waals surface area contributed by atoms with Crippen LogP contribution in [0.1, 0.15) is 28.2 Å². The Labute approximate surface area is 90.4 Å². The first kappa shape index (κ1) is 11.5. The average Bonchev–Trinajstić information content (AvgIpc) is 2.16. The van der Waals surface area contributed by atoms with E-state index in [0.29, 0.717) is 0 Å². The Balaban J connectivity index is 3.48. The summed E-state index contributed by atoms with van der Waals surface area (Å²) in [6.45, 7) is 1.55. The number of aromatic carboxylic acids is 1. The average molecular weight is 230 g/mol. The summed E-state index contributed by atoms with van der Waals surface area (Å²) >= 11 is 5.73. The van der Waals surface area contributed by atoms with Crippen molar-refractivity contribution in [1.82, 2.24) is 0 Å². The third kappa shape index (κ3) is 2.24. The van der Waals surface area contributed by atoms with Crippen molar-refractivity contribution in [1.29, 1.82) is 0 Å². The molecule has 0 aliphatic rings. The summed E-state index contributed by atoms with van der Waals surface area (Å²) in [5.41, 5.74) is -0.570. The lowest BCUT2D eigenvalue weighted by atomic mass is 10.1. The van der Waals surface area contributed by atoms with Gasteiger partial charge in [0.2, 0.25) is 0 Å². The number of carboxylic acids is 1. The summed E-state index contributed by atoms with van der Waals surface area (Å²) in [7, 11) is 0. The second-order valence-electron chi connectivity index (χ2n) is 2.92. The lowest BCUT2D eigenvalue weighted by Gasteiger charge is -2.06. The third-order valence-electron chi connectivity index (χ3n) is 1.91. The van der Waals surface area contributed by atoms with Gasteiger partial charge in [0.25, 0.3) is 5.69 Å². The van der Waals surface area contributed by atoms with Crippen molar-refractivity contribution in [2.75, 3.05) is 0 Å². The monoisotopic (exact) mass is 229 g/mol. The standard InChI is InChI=1S/C9H8ClNO4/c1-5(10)6-3-2-4-7(9(12)13)8(6)11(14)15/h2-5H,1H3,(H,12,13).